The molecular formula is C16H23NO4. The maximum absolute atomic E-state index is 12.4. The van der Waals surface area contributed by atoms with Crippen molar-refractivity contribution >= 4 is 11.9 Å². The minimum atomic E-state index is -0.641. The number of benzene rings is 1. The predicted octanol–water partition coefficient (Wildman–Crippen LogP) is 2.15. The molecule has 0 aliphatic heterocycles. The molecule has 0 aromatic heterocycles. The van der Waals surface area contributed by atoms with Gasteiger partial charge in [-0.15, -0.1) is 0 Å². The number of amides is 1. The van der Waals surface area contributed by atoms with Gasteiger partial charge in [-0.2, -0.15) is 0 Å². The van der Waals surface area contributed by atoms with Crippen LogP contribution < -0.4 is 5.32 Å². The van der Waals surface area contributed by atoms with E-state index in [1.54, 1.807) is 19.2 Å². The molecule has 5 nitrogen and oxygen atoms in total. The fourth-order valence-electron chi connectivity index (χ4n) is 2.09. The average molecular weight is 293 g/mol. The topological polar surface area (TPSA) is 64.6 Å². The van der Waals surface area contributed by atoms with Crippen molar-refractivity contribution in [1.82, 2.24) is 5.32 Å². The number of rotatable bonds is 7. The van der Waals surface area contributed by atoms with E-state index in [-0.39, 0.29) is 11.8 Å². The van der Waals surface area contributed by atoms with Gasteiger partial charge in [0.05, 0.1) is 13.7 Å². The van der Waals surface area contributed by atoms with Gasteiger partial charge in [0.25, 0.3) is 5.91 Å². The molecule has 0 spiro atoms. The van der Waals surface area contributed by atoms with E-state index < -0.39 is 12.0 Å². The Morgan fingerprint density at radius 2 is 1.86 bits per heavy atom. The summed E-state index contributed by atoms with van der Waals surface area (Å²) in [5, 5.41) is 2.75. The molecule has 5 heteroatoms. The van der Waals surface area contributed by atoms with Crippen LogP contribution >= 0.6 is 0 Å². The highest BCUT2D eigenvalue weighted by atomic mass is 16.5. The van der Waals surface area contributed by atoms with Crippen molar-refractivity contribution in [2.45, 2.75) is 32.9 Å². The van der Waals surface area contributed by atoms with Gasteiger partial charge < -0.3 is 14.8 Å². The van der Waals surface area contributed by atoms with Gasteiger partial charge in [0, 0.05) is 12.7 Å². The van der Waals surface area contributed by atoms with Crippen LogP contribution in [0, 0.1) is 5.92 Å². The second-order valence-electron chi connectivity index (χ2n) is 5.27. The number of ether oxygens (including phenoxy) is 2. The van der Waals surface area contributed by atoms with Crippen LogP contribution in [0.5, 0.6) is 0 Å². The third-order valence-electron chi connectivity index (χ3n) is 3.06. The number of hydrogen-bond donors (Lipinski definition) is 1. The lowest BCUT2D eigenvalue weighted by atomic mass is 10.0. The third-order valence-corrected chi connectivity index (χ3v) is 3.06. The SMILES string of the molecule is COCc1ccccc1C(=O)NC(CC(C)C)C(=O)OC. The molecule has 0 heterocycles. The van der Waals surface area contributed by atoms with Crippen LogP contribution in [0.2, 0.25) is 0 Å². The fourth-order valence-corrected chi connectivity index (χ4v) is 2.09. The molecular weight excluding hydrogens is 270 g/mol. The summed E-state index contributed by atoms with van der Waals surface area (Å²) in [5.41, 5.74) is 1.29. The number of esters is 1. The number of methoxy groups -OCH3 is 2. The number of carbonyl (C=O) groups is 2. The van der Waals surface area contributed by atoms with E-state index in [1.165, 1.54) is 7.11 Å². The first-order valence-corrected chi connectivity index (χ1v) is 6.95. The summed E-state index contributed by atoms with van der Waals surface area (Å²) in [4.78, 5) is 24.1. The maximum atomic E-state index is 12.4. The highest BCUT2D eigenvalue weighted by molar-refractivity contribution is 5.98. The first kappa shape index (κ1) is 17.2. The summed E-state index contributed by atoms with van der Waals surface area (Å²) in [5.74, 6) is -0.455. The molecule has 1 rings (SSSR count). The van der Waals surface area contributed by atoms with Gasteiger partial charge in [-0.3, -0.25) is 4.79 Å². The Labute approximate surface area is 125 Å². The quantitative estimate of drug-likeness (QED) is 0.782. The molecule has 1 atom stereocenters. The van der Waals surface area contributed by atoms with E-state index in [0.29, 0.717) is 18.6 Å². The maximum Gasteiger partial charge on any atom is 0.328 e. The Hall–Kier alpha value is -1.88. The van der Waals surface area contributed by atoms with Crippen LogP contribution in [0.15, 0.2) is 24.3 Å². The van der Waals surface area contributed by atoms with Crippen LogP contribution in [0.1, 0.15) is 36.2 Å². The Morgan fingerprint density at radius 1 is 1.19 bits per heavy atom. The van der Waals surface area contributed by atoms with Gasteiger partial charge in [0.1, 0.15) is 6.04 Å². The molecule has 1 N–H and O–H groups in total. The second-order valence-corrected chi connectivity index (χ2v) is 5.27. The van der Waals surface area contributed by atoms with Crippen molar-refractivity contribution in [1.29, 1.82) is 0 Å². The van der Waals surface area contributed by atoms with E-state index in [2.05, 4.69) is 5.32 Å². The van der Waals surface area contributed by atoms with E-state index in [1.807, 2.05) is 26.0 Å². The third kappa shape index (κ3) is 5.19. The van der Waals surface area contributed by atoms with E-state index >= 15 is 0 Å². The first-order chi connectivity index (χ1) is 9.99. The average Bonchev–Trinajstić information content (AvgIpc) is 2.46. The molecule has 0 radical (unpaired) electrons. The van der Waals surface area contributed by atoms with Crippen molar-refractivity contribution in [2.75, 3.05) is 14.2 Å². The molecule has 116 valence electrons. The van der Waals surface area contributed by atoms with E-state index in [4.69, 9.17) is 9.47 Å². The van der Waals surface area contributed by atoms with Crippen LogP contribution in [-0.2, 0) is 20.9 Å². The van der Waals surface area contributed by atoms with Gasteiger partial charge in [-0.25, -0.2) is 4.79 Å². The van der Waals surface area contributed by atoms with E-state index in [9.17, 15) is 9.59 Å². The van der Waals surface area contributed by atoms with Crippen molar-refractivity contribution in [3.05, 3.63) is 35.4 Å². The molecule has 1 aromatic rings. The molecule has 0 saturated heterocycles. The van der Waals surface area contributed by atoms with Crippen LogP contribution in [0.3, 0.4) is 0 Å². The monoisotopic (exact) mass is 293 g/mol. The molecule has 0 saturated carbocycles. The number of carbonyl (C=O) groups excluding carboxylic acids is 2. The zero-order valence-electron chi connectivity index (χ0n) is 13.0. The Kier molecular flexibility index (Phi) is 6.88. The summed E-state index contributed by atoms with van der Waals surface area (Å²) in [6, 6.07) is 6.53. The van der Waals surface area contributed by atoms with Crippen molar-refractivity contribution in [3.63, 3.8) is 0 Å². The molecule has 0 fully saturated rings. The highest BCUT2D eigenvalue weighted by Crippen LogP contribution is 2.12. The van der Waals surface area contributed by atoms with E-state index in [0.717, 1.165) is 5.56 Å². The summed E-state index contributed by atoms with van der Waals surface area (Å²) in [6.45, 7) is 4.32. The zero-order valence-corrected chi connectivity index (χ0v) is 13.0. The molecule has 1 unspecified atom stereocenters. The lowest BCUT2D eigenvalue weighted by Gasteiger charge is -2.19. The van der Waals surface area contributed by atoms with Gasteiger partial charge in [-0.05, 0) is 24.0 Å². The molecule has 0 aliphatic rings. The Bertz CT molecular complexity index is 485. The smallest absolute Gasteiger partial charge is 0.328 e. The van der Waals surface area contributed by atoms with Crippen molar-refractivity contribution < 1.29 is 19.1 Å². The Balaban J connectivity index is 2.89. The molecule has 0 aliphatic carbocycles. The molecule has 0 bridgehead atoms. The largest absolute Gasteiger partial charge is 0.467 e. The Morgan fingerprint density at radius 3 is 2.43 bits per heavy atom. The van der Waals surface area contributed by atoms with Crippen LogP contribution in [0.4, 0.5) is 0 Å². The summed E-state index contributed by atoms with van der Waals surface area (Å²) in [6.07, 6.45) is 0.533. The molecule has 1 aromatic carbocycles. The van der Waals surface area contributed by atoms with Crippen molar-refractivity contribution in [2.24, 2.45) is 5.92 Å². The minimum Gasteiger partial charge on any atom is -0.467 e. The highest BCUT2D eigenvalue weighted by Gasteiger charge is 2.24. The first-order valence-electron chi connectivity index (χ1n) is 6.95. The van der Waals surface area contributed by atoms with Gasteiger partial charge in [0.2, 0.25) is 0 Å². The lowest BCUT2D eigenvalue weighted by molar-refractivity contribution is -0.143. The second kappa shape index (κ2) is 8.42. The summed E-state index contributed by atoms with van der Waals surface area (Å²) >= 11 is 0. The molecule has 1 amide bonds. The summed E-state index contributed by atoms with van der Waals surface area (Å²) in [7, 11) is 2.89. The lowest BCUT2D eigenvalue weighted by Crippen LogP contribution is -2.42. The molecule has 21 heavy (non-hydrogen) atoms. The van der Waals surface area contributed by atoms with Gasteiger partial charge >= 0.3 is 5.97 Å². The van der Waals surface area contributed by atoms with Gasteiger partial charge in [0.15, 0.2) is 0 Å². The number of hydrogen-bond acceptors (Lipinski definition) is 4. The fraction of sp³-hybridized carbons (Fsp3) is 0.500. The predicted molar refractivity (Wildman–Crippen MR) is 79.9 cm³/mol. The van der Waals surface area contributed by atoms with Crippen LogP contribution in [0.25, 0.3) is 0 Å². The van der Waals surface area contributed by atoms with Crippen molar-refractivity contribution in [3.8, 4) is 0 Å². The minimum absolute atomic E-state index is 0.267. The van der Waals surface area contributed by atoms with Gasteiger partial charge in [-0.1, -0.05) is 32.0 Å². The normalized spacial score (nSPS) is 12.0. The standard InChI is InChI=1S/C16H23NO4/c1-11(2)9-14(16(19)21-4)17-15(18)13-8-6-5-7-12(13)10-20-3/h5-8,11,14H,9-10H2,1-4H3,(H,17,18). The van der Waals surface area contributed by atoms with Crippen LogP contribution in [-0.4, -0.2) is 32.1 Å². The summed E-state index contributed by atoms with van der Waals surface area (Å²) < 4.78 is 9.83. The zero-order chi connectivity index (χ0) is 15.8. The number of nitrogens with one attached hydrogen (secondary N) is 1.